The van der Waals surface area contributed by atoms with E-state index in [9.17, 15) is 9.59 Å². The van der Waals surface area contributed by atoms with Gasteiger partial charge in [0.2, 0.25) is 5.91 Å². The molecule has 1 aliphatic carbocycles. The van der Waals surface area contributed by atoms with Gasteiger partial charge in [-0.1, -0.05) is 26.3 Å². The molecule has 0 aromatic carbocycles. The number of nitrogens with zero attached hydrogens (tertiary/aromatic N) is 3. The Morgan fingerprint density at radius 3 is 2.75 bits per heavy atom. The first-order valence-electron chi connectivity index (χ1n) is 10.8. The van der Waals surface area contributed by atoms with Gasteiger partial charge >= 0.3 is 6.03 Å². The van der Waals surface area contributed by atoms with E-state index in [1.807, 2.05) is 28.1 Å². The van der Waals surface area contributed by atoms with Gasteiger partial charge in [0.15, 0.2) is 0 Å². The molecular formula is C22H34N4O2. The number of aromatic nitrogens is 1. The minimum absolute atomic E-state index is 0.00257. The first-order chi connectivity index (χ1) is 13.5. The minimum atomic E-state index is 0.00257. The predicted molar refractivity (Wildman–Crippen MR) is 110 cm³/mol. The van der Waals surface area contributed by atoms with Crippen LogP contribution in [0.1, 0.15) is 57.9 Å². The summed E-state index contributed by atoms with van der Waals surface area (Å²) in [6, 6.07) is 4.02. The van der Waals surface area contributed by atoms with Crippen LogP contribution in [-0.2, 0) is 11.3 Å². The molecule has 2 heterocycles. The number of rotatable bonds is 7. The van der Waals surface area contributed by atoms with Gasteiger partial charge in [-0.15, -0.1) is 0 Å². The Kier molecular flexibility index (Phi) is 7.29. The lowest BCUT2D eigenvalue weighted by molar-refractivity contribution is -0.142. The van der Waals surface area contributed by atoms with Crippen LogP contribution in [0, 0.1) is 11.8 Å². The Labute approximate surface area is 168 Å². The molecule has 1 atom stereocenters. The second kappa shape index (κ2) is 9.89. The number of nitrogens with one attached hydrogen (secondary N) is 1. The highest BCUT2D eigenvalue weighted by atomic mass is 16.2. The highest BCUT2D eigenvalue weighted by molar-refractivity contribution is 5.80. The number of hydrogen-bond acceptors (Lipinski definition) is 3. The number of carbonyl (C=O) groups excluding carboxylic acids is 2. The molecular weight excluding hydrogens is 352 g/mol. The third-order valence-electron chi connectivity index (χ3n) is 5.94. The lowest BCUT2D eigenvalue weighted by Crippen LogP contribution is -2.55. The van der Waals surface area contributed by atoms with Crippen molar-refractivity contribution < 1.29 is 9.59 Å². The van der Waals surface area contributed by atoms with Crippen molar-refractivity contribution in [2.75, 3.05) is 19.6 Å². The number of likely N-dealkylation sites (tertiary alicyclic amines) is 1. The third kappa shape index (κ3) is 5.46. The lowest BCUT2D eigenvalue weighted by Gasteiger charge is -2.42. The van der Waals surface area contributed by atoms with E-state index in [1.54, 1.807) is 6.20 Å². The highest BCUT2D eigenvalue weighted by Gasteiger charge is 2.35. The first kappa shape index (κ1) is 20.6. The zero-order valence-electron chi connectivity index (χ0n) is 17.3. The molecule has 2 fully saturated rings. The number of pyridine rings is 1. The molecule has 3 rings (SSSR count). The van der Waals surface area contributed by atoms with E-state index >= 15 is 0 Å². The molecule has 1 saturated heterocycles. The Balaban J connectivity index is 1.64. The van der Waals surface area contributed by atoms with Gasteiger partial charge in [0.05, 0.1) is 0 Å². The molecule has 1 aromatic rings. The van der Waals surface area contributed by atoms with Gasteiger partial charge in [0.1, 0.15) is 0 Å². The number of hydrogen-bond donors (Lipinski definition) is 1. The van der Waals surface area contributed by atoms with Gasteiger partial charge in [-0.3, -0.25) is 9.78 Å². The van der Waals surface area contributed by atoms with Crippen LogP contribution in [0.2, 0.25) is 0 Å². The molecule has 0 spiro atoms. The van der Waals surface area contributed by atoms with Crippen LogP contribution in [0.3, 0.4) is 0 Å². The molecule has 1 unspecified atom stereocenters. The lowest BCUT2D eigenvalue weighted by atomic mass is 9.83. The van der Waals surface area contributed by atoms with Crippen LogP contribution in [0.4, 0.5) is 4.79 Å². The molecule has 0 bridgehead atoms. The number of piperidine rings is 1. The van der Waals surface area contributed by atoms with E-state index in [2.05, 4.69) is 24.1 Å². The van der Waals surface area contributed by atoms with Crippen LogP contribution in [0.25, 0.3) is 0 Å². The SMILES string of the molecule is CC(C)CCNC(=O)N1CCCC(N(Cc2cccnc2)C(=O)C2CCC2)C1. The van der Waals surface area contributed by atoms with E-state index in [0.717, 1.165) is 50.6 Å². The molecule has 0 radical (unpaired) electrons. The van der Waals surface area contributed by atoms with Crippen LogP contribution in [-0.4, -0.2) is 52.4 Å². The average molecular weight is 387 g/mol. The second-order valence-electron chi connectivity index (χ2n) is 8.61. The van der Waals surface area contributed by atoms with Crippen molar-refractivity contribution in [3.05, 3.63) is 30.1 Å². The fraction of sp³-hybridized carbons (Fsp3) is 0.682. The quantitative estimate of drug-likeness (QED) is 0.781. The maximum absolute atomic E-state index is 13.1. The van der Waals surface area contributed by atoms with Gasteiger partial charge in [0, 0.05) is 50.5 Å². The standard InChI is InChI=1S/C22H34N4O2/c1-17(2)10-12-24-22(28)25-13-5-9-20(16-25)26(21(27)19-7-3-8-19)15-18-6-4-11-23-14-18/h4,6,11,14,17,19-20H,3,5,7-10,12-13,15-16H2,1-2H3,(H,24,28). The smallest absolute Gasteiger partial charge is 0.317 e. The first-order valence-corrected chi connectivity index (χ1v) is 10.8. The zero-order chi connectivity index (χ0) is 19.9. The predicted octanol–water partition coefficient (Wildman–Crippen LogP) is 3.43. The maximum Gasteiger partial charge on any atom is 0.317 e. The maximum atomic E-state index is 13.1. The number of amides is 3. The van der Waals surface area contributed by atoms with Crippen LogP contribution < -0.4 is 5.32 Å². The molecule has 6 nitrogen and oxygen atoms in total. The highest BCUT2D eigenvalue weighted by Crippen LogP contribution is 2.31. The van der Waals surface area contributed by atoms with Gasteiger partial charge in [-0.25, -0.2) is 4.79 Å². The molecule has 2 aliphatic rings. The fourth-order valence-corrected chi connectivity index (χ4v) is 3.94. The zero-order valence-corrected chi connectivity index (χ0v) is 17.3. The summed E-state index contributed by atoms with van der Waals surface area (Å²) in [5, 5.41) is 3.04. The van der Waals surface area contributed by atoms with Crippen LogP contribution in [0.15, 0.2) is 24.5 Å². The molecule has 1 saturated carbocycles. The van der Waals surface area contributed by atoms with E-state index in [-0.39, 0.29) is 23.9 Å². The monoisotopic (exact) mass is 386 g/mol. The van der Waals surface area contributed by atoms with E-state index in [0.29, 0.717) is 25.6 Å². The summed E-state index contributed by atoms with van der Waals surface area (Å²) >= 11 is 0. The van der Waals surface area contributed by atoms with Crippen LogP contribution >= 0.6 is 0 Å². The van der Waals surface area contributed by atoms with E-state index < -0.39 is 0 Å². The van der Waals surface area contributed by atoms with Gasteiger partial charge < -0.3 is 15.1 Å². The third-order valence-corrected chi connectivity index (χ3v) is 5.94. The van der Waals surface area contributed by atoms with E-state index in [1.165, 1.54) is 0 Å². The van der Waals surface area contributed by atoms with Crippen LogP contribution in [0.5, 0.6) is 0 Å². The topological polar surface area (TPSA) is 65.5 Å². The molecule has 154 valence electrons. The Morgan fingerprint density at radius 1 is 1.29 bits per heavy atom. The summed E-state index contributed by atoms with van der Waals surface area (Å²) < 4.78 is 0. The Morgan fingerprint density at radius 2 is 2.11 bits per heavy atom. The molecule has 28 heavy (non-hydrogen) atoms. The van der Waals surface area contributed by atoms with Crippen molar-refractivity contribution in [1.82, 2.24) is 20.1 Å². The van der Waals surface area contributed by atoms with Gasteiger partial charge in [-0.05, 0) is 49.7 Å². The molecule has 1 N–H and O–H groups in total. The van der Waals surface area contributed by atoms with Gasteiger partial charge in [-0.2, -0.15) is 0 Å². The summed E-state index contributed by atoms with van der Waals surface area (Å²) in [5.74, 6) is 0.985. The Bertz CT molecular complexity index is 645. The van der Waals surface area contributed by atoms with Crippen molar-refractivity contribution in [3.8, 4) is 0 Å². The average Bonchev–Trinajstić information content (AvgIpc) is 2.65. The molecule has 1 aliphatic heterocycles. The molecule has 1 aromatic heterocycles. The summed E-state index contributed by atoms with van der Waals surface area (Å²) in [6.07, 6.45) is 9.59. The van der Waals surface area contributed by atoms with Crippen molar-refractivity contribution in [2.24, 2.45) is 11.8 Å². The second-order valence-corrected chi connectivity index (χ2v) is 8.61. The summed E-state index contributed by atoms with van der Waals surface area (Å²) in [7, 11) is 0. The summed E-state index contributed by atoms with van der Waals surface area (Å²) in [4.78, 5) is 33.8. The van der Waals surface area contributed by atoms with Gasteiger partial charge in [0.25, 0.3) is 0 Å². The molecule has 6 heteroatoms. The Hall–Kier alpha value is -2.11. The summed E-state index contributed by atoms with van der Waals surface area (Å²) in [6.45, 7) is 6.99. The van der Waals surface area contributed by atoms with Crippen molar-refractivity contribution in [3.63, 3.8) is 0 Å². The number of urea groups is 1. The minimum Gasteiger partial charge on any atom is -0.338 e. The van der Waals surface area contributed by atoms with Crippen molar-refractivity contribution >= 4 is 11.9 Å². The molecule has 3 amide bonds. The largest absolute Gasteiger partial charge is 0.338 e. The van der Waals surface area contributed by atoms with E-state index in [4.69, 9.17) is 0 Å². The summed E-state index contributed by atoms with van der Waals surface area (Å²) in [5.41, 5.74) is 1.05. The fourth-order valence-electron chi connectivity index (χ4n) is 3.94. The van der Waals surface area contributed by atoms with Crippen molar-refractivity contribution in [2.45, 2.75) is 65.0 Å². The number of carbonyl (C=O) groups is 2. The van der Waals surface area contributed by atoms with Crippen molar-refractivity contribution in [1.29, 1.82) is 0 Å². The normalized spacial score (nSPS) is 20.0.